The number of ether oxygens (including phenoxy) is 1. The molecule has 33 heavy (non-hydrogen) atoms. The molecule has 9 nitrogen and oxygen atoms in total. The zero-order valence-corrected chi connectivity index (χ0v) is 18.3. The average molecular weight is 450 g/mol. The summed E-state index contributed by atoms with van der Waals surface area (Å²) in [5.74, 6) is 1.24. The van der Waals surface area contributed by atoms with Gasteiger partial charge in [-0.05, 0) is 42.5 Å². The van der Waals surface area contributed by atoms with Crippen molar-refractivity contribution in [2.24, 2.45) is 0 Å². The van der Waals surface area contributed by atoms with Crippen molar-refractivity contribution in [3.05, 3.63) is 88.4 Å². The fourth-order valence-electron chi connectivity index (χ4n) is 4.03. The number of methoxy groups -OCH3 is 1. The number of carbonyl (C=O) groups excluding carboxylic acids is 1. The molecule has 1 fully saturated rings. The molecule has 1 saturated heterocycles. The molecule has 9 heteroatoms. The number of anilines is 1. The van der Waals surface area contributed by atoms with E-state index >= 15 is 0 Å². The van der Waals surface area contributed by atoms with E-state index in [9.17, 15) is 14.9 Å². The summed E-state index contributed by atoms with van der Waals surface area (Å²) in [7, 11) is 1.65. The van der Waals surface area contributed by atoms with Crippen LogP contribution in [0.5, 0.6) is 5.75 Å². The van der Waals surface area contributed by atoms with Gasteiger partial charge in [0.05, 0.1) is 24.3 Å². The molecule has 0 radical (unpaired) electrons. The molecule has 1 aromatic heterocycles. The summed E-state index contributed by atoms with van der Waals surface area (Å²) < 4.78 is 10.9. The molecule has 2 aromatic carbocycles. The third kappa shape index (κ3) is 5.32. The van der Waals surface area contributed by atoms with E-state index in [1.807, 2.05) is 24.3 Å². The predicted octanol–water partition coefficient (Wildman–Crippen LogP) is 3.49. The van der Waals surface area contributed by atoms with Crippen molar-refractivity contribution in [1.29, 1.82) is 0 Å². The average Bonchev–Trinajstić information content (AvgIpc) is 3.39. The maximum Gasteiger partial charge on any atom is 0.270 e. The van der Waals surface area contributed by atoms with E-state index in [0.717, 1.165) is 43.4 Å². The number of nitrogens with zero attached hydrogens (tertiary/aromatic N) is 3. The van der Waals surface area contributed by atoms with Crippen molar-refractivity contribution in [2.75, 3.05) is 44.7 Å². The quantitative estimate of drug-likeness (QED) is 0.414. The van der Waals surface area contributed by atoms with Gasteiger partial charge in [-0.3, -0.25) is 19.8 Å². The monoisotopic (exact) mass is 450 g/mol. The third-order valence-corrected chi connectivity index (χ3v) is 5.84. The van der Waals surface area contributed by atoms with Crippen molar-refractivity contribution >= 4 is 17.3 Å². The van der Waals surface area contributed by atoms with Gasteiger partial charge in [0.2, 0.25) is 0 Å². The topological polar surface area (TPSA) is 101 Å². The van der Waals surface area contributed by atoms with Gasteiger partial charge in [-0.25, -0.2) is 0 Å². The molecule has 4 rings (SSSR count). The lowest BCUT2D eigenvalue weighted by Crippen LogP contribution is -2.49. The first kappa shape index (κ1) is 22.3. The van der Waals surface area contributed by atoms with E-state index in [1.165, 1.54) is 18.2 Å². The minimum atomic E-state index is -0.509. The number of nitro benzene ring substituents is 1. The zero-order chi connectivity index (χ0) is 23.2. The van der Waals surface area contributed by atoms with Gasteiger partial charge in [0.25, 0.3) is 11.6 Å². The van der Waals surface area contributed by atoms with Gasteiger partial charge >= 0.3 is 0 Å². The number of amides is 1. The SMILES string of the molecule is COc1ccc(N2CCN(C(CNC(=O)c3cccc([N+](=O)[O-])c3)c3ccco3)CC2)cc1. The lowest BCUT2D eigenvalue weighted by atomic mass is 10.1. The van der Waals surface area contributed by atoms with Crippen molar-refractivity contribution in [3.63, 3.8) is 0 Å². The highest BCUT2D eigenvalue weighted by atomic mass is 16.6. The Hall–Kier alpha value is -3.85. The Kier molecular flexibility index (Phi) is 6.89. The van der Waals surface area contributed by atoms with Gasteiger partial charge < -0.3 is 19.4 Å². The molecule has 0 bridgehead atoms. The van der Waals surface area contributed by atoms with E-state index in [2.05, 4.69) is 27.2 Å². The second kappa shape index (κ2) is 10.2. The van der Waals surface area contributed by atoms with Crippen molar-refractivity contribution < 1.29 is 18.9 Å². The molecule has 1 N–H and O–H groups in total. The number of rotatable bonds is 8. The highest BCUT2D eigenvalue weighted by Gasteiger charge is 2.27. The molecule has 2 heterocycles. The lowest BCUT2D eigenvalue weighted by Gasteiger charge is -2.39. The van der Waals surface area contributed by atoms with Gasteiger partial charge in [-0.1, -0.05) is 6.07 Å². The highest BCUT2D eigenvalue weighted by molar-refractivity contribution is 5.94. The maximum absolute atomic E-state index is 12.7. The van der Waals surface area contributed by atoms with Crippen molar-refractivity contribution in [1.82, 2.24) is 10.2 Å². The molecule has 0 saturated carbocycles. The fourth-order valence-corrected chi connectivity index (χ4v) is 4.03. The van der Waals surface area contributed by atoms with Crippen LogP contribution >= 0.6 is 0 Å². The summed E-state index contributed by atoms with van der Waals surface area (Å²) in [6.45, 7) is 3.59. The number of hydrogen-bond acceptors (Lipinski definition) is 7. The van der Waals surface area contributed by atoms with E-state index in [1.54, 1.807) is 19.4 Å². The summed E-state index contributed by atoms with van der Waals surface area (Å²) in [6.07, 6.45) is 1.62. The number of benzene rings is 2. The molecule has 3 aromatic rings. The summed E-state index contributed by atoms with van der Waals surface area (Å²) in [5, 5.41) is 13.9. The number of hydrogen-bond donors (Lipinski definition) is 1. The van der Waals surface area contributed by atoms with Crippen LogP contribution < -0.4 is 15.0 Å². The number of carbonyl (C=O) groups is 1. The van der Waals surface area contributed by atoms with Crippen LogP contribution in [-0.4, -0.2) is 55.6 Å². The molecule has 1 atom stereocenters. The molecule has 1 aliphatic heterocycles. The second-order valence-electron chi connectivity index (χ2n) is 7.77. The fraction of sp³-hybridized carbons (Fsp3) is 0.292. The lowest BCUT2D eigenvalue weighted by molar-refractivity contribution is -0.384. The Balaban J connectivity index is 1.40. The van der Waals surface area contributed by atoms with E-state index in [-0.39, 0.29) is 23.2 Å². The maximum atomic E-state index is 12.7. The van der Waals surface area contributed by atoms with E-state index in [4.69, 9.17) is 9.15 Å². The molecule has 0 aliphatic carbocycles. The zero-order valence-electron chi connectivity index (χ0n) is 18.3. The van der Waals surface area contributed by atoms with E-state index in [0.29, 0.717) is 6.54 Å². The normalized spacial score (nSPS) is 15.1. The minimum Gasteiger partial charge on any atom is -0.497 e. The van der Waals surface area contributed by atoms with Crippen LogP contribution in [0.15, 0.2) is 71.3 Å². The summed E-state index contributed by atoms with van der Waals surface area (Å²) in [5.41, 5.74) is 1.29. The second-order valence-corrected chi connectivity index (χ2v) is 7.77. The van der Waals surface area contributed by atoms with Crippen molar-refractivity contribution in [2.45, 2.75) is 6.04 Å². The van der Waals surface area contributed by atoms with Crippen LogP contribution in [0.25, 0.3) is 0 Å². The van der Waals surface area contributed by atoms with Gasteiger partial charge in [-0.2, -0.15) is 0 Å². The van der Waals surface area contributed by atoms with Gasteiger partial charge in [0.15, 0.2) is 0 Å². The van der Waals surface area contributed by atoms with Gasteiger partial charge in [-0.15, -0.1) is 0 Å². The summed E-state index contributed by atoms with van der Waals surface area (Å²) in [4.78, 5) is 27.8. The molecule has 172 valence electrons. The number of piperazine rings is 1. The highest BCUT2D eigenvalue weighted by Crippen LogP contribution is 2.25. The molecular weight excluding hydrogens is 424 g/mol. The Morgan fingerprint density at radius 2 is 1.88 bits per heavy atom. The van der Waals surface area contributed by atoms with Crippen LogP contribution in [0.3, 0.4) is 0 Å². The Morgan fingerprint density at radius 1 is 1.12 bits per heavy atom. The predicted molar refractivity (Wildman–Crippen MR) is 124 cm³/mol. The van der Waals surface area contributed by atoms with Crippen LogP contribution in [0.2, 0.25) is 0 Å². The number of non-ortho nitro benzene ring substituents is 1. The molecule has 0 spiro atoms. The van der Waals surface area contributed by atoms with Crippen molar-refractivity contribution in [3.8, 4) is 5.75 Å². The first-order valence-electron chi connectivity index (χ1n) is 10.7. The largest absolute Gasteiger partial charge is 0.497 e. The Morgan fingerprint density at radius 3 is 2.52 bits per heavy atom. The van der Waals surface area contributed by atoms with E-state index < -0.39 is 4.92 Å². The number of furan rings is 1. The van der Waals surface area contributed by atoms with Crippen LogP contribution in [0.1, 0.15) is 22.2 Å². The molecular formula is C24H26N4O5. The molecule has 1 unspecified atom stereocenters. The Labute approximate surface area is 191 Å². The number of nitrogens with one attached hydrogen (secondary N) is 1. The smallest absolute Gasteiger partial charge is 0.270 e. The summed E-state index contributed by atoms with van der Waals surface area (Å²) >= 11 is 0. The van der Waals surface area contributed by atoms with Crippen LogP contribution in [0, 0.1) is 10.1 Å². The molecule has 1 amide bonds. The van der Waals surface area contributed by atoms with Gasteiger partial charge in [0, 0.05) is 56.1 Å². The third-order valence-electron chi connectivity index (χ3n) is 5.84. The van der Waals surface area contributed by atoms with Crippen LogP contribution in [0.4, 0.5) is 11.4 Å². The minimum absolute atomic E-state index is 0.111. The first-order chi connectivity index (χ1) is 16.0. The molecule has 1 aliphatic rings. The number of nitro groups is 1. The van der Waals surface area contributed by atoms with Gasteiger partial charge in [0.1, 0.15) is 11.5 Å². The Bertz CT molecular complexity index is 1080. The first-order valence-corrected chi connectivity index (χ1v) is 10.7. The van der Waals surface area contributed by atoms with Crippen LogP contribution in [-0.2, 0) is 0 Å². The summed E-state index contributed by atoms with van der Waals surface area (Å²) in [6, 6.07) is 17.3. The standard InChI is InChI=1S/C24H26N4O5/c1-32-21-9-7-19(8-10-21)26-11-13-27(14-12-26)22(23-6-3-15-33-23)17-25-24(29)18-4-2-5-20(16-18)28(30)31/h2-10,15-16,22H,11-14,17H2,1H3,(H,25,29).